The van der Waals surface area contributed by atoms with E-state index in [1.165, 1.54) is 17.4 Å². The topological polar surface area (TPSA) is 36.4 Å². The first-order valence-electron chi connectivity index (χ1n) is 6.24. The lowest BCUT2D eigenvalue weighted by atomic mass is 10.1. The SMILES string of the molecule is Cc1nc(CN(C)c2ccc(CO)c(C(F)(F)F)c2)cs1. The van der Waals surface area contributed by atoms with E-state index in [4.69, 9.17) is 5.11 Å². The summed E-state index contributed by atoms with van der Waals surface area (Å²) in [4.78, 5) is 5.99. The van der Waals surface area contributed by atoms with Crippen LogP contribution in [0.3, 0.4) is 0 Å². The third-order valence-electron chi connectivity index (χ3n) is 3.08. The van der Waals surface area contributed by atoms with Crippen molar-refractivity contribution in [3.63, 3.8) is 0 Å². The normalized spacial score (nSPS) is 11.7. The summed E-state index contributed by atoms with van der Waals surface area (Å²) in [5.41, 5.74) is 0.331. The molecule has 1 aromatic heterocycles. The van der Waals surface area contributed by atoms with E-state index in [0.29, 0.717) is 12.2 Å². The van der Waals surface area contributed by atoms with Crippen molar-refractivity contribution in [1.29, 1.82) is 0 Å². The van der Waals surface area contributed by atoms with Gasteiger partial charge in [-0.25, -0.2) is 4.98 Å². The van der Waals surface area contributed by atoms with Crippen LogP contribution in [-0.2, 0) is 19.3 Å². The van der Waals surface area contributed by atoms with Gasteiger partial charge >= 0.3 is 6.18 Å². The summed E-state index contributed by atoms with van der Waals surface area (Å²) in [7, 11) is 1.71. The summed E-state index contributed by atoms with van der Waals surface area (Å²) in [5, 5.41) is 11.8. The van der Waals surface area contributed by atoms with Crippen LogP contribution in [0.1, 0.15) is 21.8 Å². The monoisotopic (exact) mass is 316 g/mol. The second kappa shape index (κ2) is 6.03. The fourth-order valence-electron chi connectivity index (χ4n) is 2.02. The van der Waals surface area contributed by atoms with Crippen LogP contribution in [-0.4, -0.2) is 17.1 Å². The smallest absolute Gasteiger partial charge is 0.392 e. The van der Waals surface area contributed by atoms with Gasteiger partial charge in [0.1, 0.15) is 0 Å². The summed E-state index contributed by atoms with van der Waals surface area (Å²) in [5.74, 6) is 0. The highest BCUT2D eigenvalue weighted by atomic mass is 32.1. The standard InChI is InChI=1S/C14H15F3N2OS/c1-9-18-11(8-21-9)6-19(2)12-4-3-10(7-20)13(5-12)14(15,16)17/h3-5,8,20H,6-7H2,1-2H3. The quantitative estimate of drug-likeness (QED) is 0.936. The molecule has 0 radical (unpaired) electrons. The molecule has 0 spiro atoms. The number of alkyl halides is 3. The molecule has 21 heavy (non-hydrogen) atoms. The van der Waals surface area contributed by atoms with Crippen molar-refractivity contribution in [1.82, 2.24) is 4.98 Å². The Morgan fingerprint density at radius 2 is 2.05 bits per heavy atom. The predicted molar refractivity (Wildman–Crippen MR) is 76.3 cm³/mol. The van der Waals surface area contributed by atoms with Crippen LogP contribution in [0.15, 0.2) is 23.6 Å². The summed E-state index contributed by atoms with van der Waals surface area (Å²) < 4.78 is 38.9. The van der Waals surface area contributed by atoms with E-state index in [2.05, 4.69) is 4.98 Å². The first-order chi connectivity index (χ1) is 9.81. The Balaban J connectivity index is 2.27. The highest BCUT2D eigenvalue weighted by Gasteiger charge is 2.33. The molecule has 2 aromatic rings. The molecular weight excluding hydrogens is 301 g/mol. The largest absolute Gasteiger partial charge is 0.416 e. The number of hydrogen-bond donors (Lipinski definition) is 1. The third-order valence-corrected chi connectivity index (χ3v) is 3.90. The van der Waals surface area contributed by atoms with E-state index in [9.17, 15) is 13.2 Å². The molecule has 0 aliphatic carbocycles. The second-order valence-electron chi connectivity index (χ2n) is 4.71. The van der Waals surface area contributed by atoms with Crippen LogP contribution >= 0.6 is 11.3 Å². The number of halogens is 3. The molecule has 1 heterocycles. The van der Waals surface area contributed by atoms with Crippen molar-refractivity contribution < 1.29 is 18.3 Å². The van der Waals surface area contributed by atoms with E-state index in [-0.39, 0.29) is 5.56 Å². The number of benzene rings is 1. The van der Waals surface area contributed by atoms with Crippen LogP contribution < -0.4 is 4.90 Å². The second-order valence-corrected chi connectivity index (χ2v) is 5.77. The number of rotatable bonds is 4. The average molecular weight is 316 g/mol. The first-order valence-corrected chi connectivity index (χ1v) is 7.12. The van der Waals surface area contributed by atoms with Crippen LogP contribution in [0.2, 0.25) is 0 Å². The molecule has 0 aliphatic heterocycles. The van der Waals surface area contributed by atoms with Crippen molar-refractivity contribution in [3.05, 3.63) is 45.4 Å². The molecular formula is C14H15F3N2OS. The van der Waals surface area contributed by atoms with Crippen LogP contribution in [0.5, 0.6) is 0 Å². The van der Waals surface area contributed by atoms with Gasteiger partial charge in [0.15, 0.2) is 0 Å². The van der Waals surface area contributed by atoms with Gasteiger partial charge in [-0.3, -0.25) is 0 Å². The molecule has 3 nitrogen and oxygen atoms in total. The molecule has 1 aromatic carbocycles. The van der Waals surface area contributed by atoms with Gasteiger partial charge in [0.05, 0.1) is 29.4 Å². The third kappa shape index (κ3) is 3.74. The first kappa shape index (κ1) is 15.8. The fourth-order valence-corrected chi connectivity index (χ4v) is 2.62. The highest BCUT2D eigenvalue weighted by Crippen LogP contribution is 2.34. The fraction of sp³-hybridized carbons (Fsp3) is 0.357. The lowest BCUT2D eigenvalue weighted by molar-refractivity contribution is -0.138. The Morgan fingerprint density at radius 3 is 2.57 bits per heavy atom. The number of hydrogen-bond acceptors (Lipinski definition) is 4. The predicted octanol–water partition coefficient (Wildman–Crippen LogP) is 3.60. The minimum atomic E-state index is -4.48. The Bertz CT molecular complexity index is 625. The van der Waals surface area contributed by atoms with Gasteiger partial charge in [0.25, 0.3) is 0 Å². The van der Waals surface area contributed by atoms with Gasteiger partial charge in [0, 0.05) is 18.1 Å². The molecule has 0 saturated carbocycles. The average Bonchev–Trinajstić information content (AvgIpc) is 2.82. The van der Waals surface area contributed by atoms with Gasteiger partial charge in [-0.15, -0.1) is 11.3 Å². The Labute approximate surface area is 124 Å². The van der Waals surface area contributed by atoms with E-state index >= 15 is 0 Å². The van der Waals surface area contributed by atoms with Crippen molar-refractivity contribution in [3.8, 4) is 0 Å². The summed E-state index contributed by atoms with van der Waals surface area (Å²) in [6.07, 6.45) is -4.48. The van der Waals surface area contributed by atoms with E-state index in [1.807, 2.05) is 12.3 Å². The number of anilines is 1. The van der Waals surface area contributed by atoms with Gasteiger partial charge in [-0.2, -0.15) is 13.2 Å². The molecule has 0 bridgehead atoms. The Kier molecular flexibility index (Phi) is 4.53. The van der Waals surface area contributed by atoms with Crippen LogP contribution in [0.25, 0.3) is 0 Å². The van der Waals surface area contributed by atoms with E-state index < -0.39 is 18.3 Å². The molecule has 0 aliphatic rings. The zero-order valence-corrected chi connectivity index (χ0v) is 12.4. The van der Waals surface area contributed by atoms with E-state index in [0.717, 1.165) is 16.8 Å². The van der Waals surface area contributed by atoms with Crippen molar-refractivity contribution in [2.45, 2.75) is 26.3 Å². The Hall–Kier alpha value is -1.60. The Morgan fingerprint density at radius 1 is 1.33 bits per heavy atom. The van der Waals surface area contributed by atoms with Gasteiger partial charge in [-0.05, 0) is 24.6 Å². The summed E-state index contributed by atoms with van der Waals surface area (Å²) >= 11 is 1.50. The lowest BCUT2D eigenvalue weighted by Crippen LogP contribution is -2.18. The number of aliphatic hydroxyl groups excluding tert-OH is 1. The minimum absolute atomic E-state index is 0.121. The molecule has 114 valence electrons. The molecule has 0 atom stereocenters. The highest BCUT2D eigenvalue weighted by molar-refractivity contribution is 7.09. The van der Waals surface area contributed by atoms with Crippen molar-refractivity contribution in [2.75, 3.05) is 11.9 Å². The van der Waals surface area contributed by atoms with E-state index in [1.54, 1.807) is 18.0 Å². The number of nitrogens with zero attached hydrogens (tertiary/aromatic N) is 2. The molecule has 7 heteroatoms. The maximum Gasteiger partial charge on any atom is 0.416 e. The number of aryl methyl sites for hydroxylation is 1. The zero-order chi connectivity index (χ0) is 15.6. The summed E-state index contributed by atoms with van der Waals surface area (Å²) in [6.45, 7) is 1.68. The van der Waals surface area contributed by atoms with Crippen molar-refractivity contribution >= 4 is 17.0 Å². The van der Waals surface area contributed by atoms with Gasteiger partial charge in [0.2, 0.25) is 0 Å². The van der Waals surface area contributed by atoms with Crippen LogP contribution in [0, 0.1) is 6.92 Å². The molecule has 0 unspecified atom stereocenters. The maximum absolute atomic E-state index is 13.0. The molecule has 0 fully saturated rings. The number of thiazole rings is 1. The van der Waals surface area contributed by atoms with Crippen LogP contribution in [0.4, 0.5) is 18.9 Å². The molecule has 0 amide bonds. The molecule has 0 saturated heterocycles. The number of aromatic nitrogens is 1. The maximum atomic E-state index is 13.0. The lowest BCUT2D eigenvalue weighted by Gasteiger charge is -2.21. The van der Waals surface area contributed by atoms with Crippen molar-refractivity contribution in [2.24, 2.45) is 0 Å². The number of aliphatic hydroxyl groups is 1. The molecule has 2 rings (SSSR count). The molecule has 1 N–H and O–H groups in total. The minimum Gasteiger partial charge on any atom is -0.392 e. The summed E-state index contributed by atoms with van der Waals surface area (Å²) in [6, 6.07) is 3.94. The zero-order valence-electron chi connectivity index (χ0n) is 11.6. The van der Waals surface area contributed by atoms with Gasteiger partial charge < -0.3 is 10.0 Å². The van der Waals surface area contributed by atoms with Gasteiger partial charge in [-0.1, -0.05) is 6.07 Å².